The highest BCUT2D eigenvalue weighted by atomic mass is 16.1. The van der Waals surface area contributed by atoms with Crippen LogP contribution in [-0.4, -0.2) is 20.7 Å². The average molecular weight is 292 g/mol. The van der Waals surface area contributed by atoms with E-state index in [2.05, 4.69) is 21.5 Å². The Balaban J connectivity index is 1.92. The van der Waals surface area contributed by atoms with Crippen molar-refractivity contribution in [3.63, 3.8) is 0 Å². The van der Waals surface area contributed by atoms with Gasteiger partial charge in [-0.3, -0.25) is 9.78 Å². The fraction of sp³-hybridized carbons (Fsp3) is 0.235. The Morgan fingerprint density at radius 2 is 2.18 bits per heavy atom. The van der Waals surface area contributed by atoms with Gasteiger partial charge in [0, 0.05) is 42.2 Å². The van der Waals surface area contributed by atoms with Gasteiger partial charge in [0.2, 0.25) is 5.91 Å². The third kappa shape index (κ3) is 1.89. The SMILES string of the molecule is CCn1ncc2c1NC(=O)CC2c1cccc2cnccc12. The van der Waals surface area contributed by atoms with Gasteiger partial charge in [-0.25, -0.2) is 4.68 Å². The Kier molecular flexibility index (Phi) is 2.92. The lowest BCUT2D eigenvalue weighted by Crippen LogP contribution is -2.24. The molecule has 1 atom stereocenters. The second-order valence-electron chi connectivity index (χ2n) is 5.51. The van der Waals surface area contributed by atoms with Gasteiger partial charge in [0.1, 0.15) is 5.82 Å². The van der Waals surface area contributed by atoms with E-state index in [4.69, 9.17) is 0 Å². The molecule has 2 aromatic heterocycles. The van der Waals surface area contributed by atoms with Crippen LogP contribution >= 0.6 is 0 Å². The summed E-state index contributed by atoms with van der Waals surface area (Å²) in [6.45, 7) is 2.76. The van der Waals surface area contributed by atoms with Crippen LogP contribution in [0.5, 0.6) is 0 Å². The fourth-order valence-electron chi connectivity index (χ4n) is 3.24. The summed E-state index contributed by atoms with van der Waals surface area (Å²) < 4.78 is 1.84. The zero-order valence-corrected chi connectivity index (χ0v) is 12.3. The number of aryl methyl sites for hydroxylation is 1. The van der Waals surface area contributed by atoms with E-state index in [1.54, 1.807) is 6.20 Å². The normalized spacial score (nSPS) is 17.3. The number of amides is 1. The topological polar surface area (TPSA) is 59.8 Å². The van der Waals surface area contributed by atoms with E-state index < -0.39 is 0 Å². The molecule has 3 heterocycles. The Hall–Kier alpha value is -2.69. The molecular weight excluding hydrogens is 276 g/mol. The average Bonchev–Trinajstić information content (AvgIpc) is 2.96. The van der Waals surface area contributed by atoms with Crippen LogP contribution in [0.1, 0.15) is 30.4 Å². The van der Waals surface area contributed by atoms with E-state index in [9.17, 15) is 4.79 Å². The lowest BCUT2D eigenvalue weighted by molar-refractivity contribution is -0.116. The number of hydrogen-bond acceptors (Lipinski definition) is 3. The predicted octanol–water partition coefficient (Wildman–Crippen LogP) is 2.93. The molecule has 1 aliphatic rings. The number of carbonyl (C=O) groups excluding carboxylic acids is 1. The highest BCUT2D eigenvalue weighted by molar-refractivity contribution is 5.96. The molecule has 110 valence electrons. The van der Waals surface area contributed by atoms with E-state index >= 15 is 0 Å². The van der Waals surface area contributed by atoms with Crippen molar-refractivity contribution < 1.29 is 4.79 Å². The number of anilines is 1. The van der Waals surface area contributed by atoms with Crippen LogP contribution in [-0.2, 0) is 11.3 Å². The van der Waals surface area contributed by atoms with Gasteiger partial charge < -0.3 is 5.32 Å². The summed E-state index contributed by atoms with van der Waals surface area (Å²) >= 11 is 0. The van der Waals surface area contributed by atoms with Crippen molar-refractivity contribution in [2.24, 2.45) is 0 Å². The lowest BCUT2D eigenvalue weighted by atomic mass is 9.85. The van der Waals surface area contributed by atoms with Gasteiger partial charge in [0.05, 0.1) is 6.20 Å². The number of hydrogen-bond donors (Lipinski definition) is 1. The van der Waals surface area contributed by atoms with Gasteiger partial charge in [-0.05, 0) is 23.9 Å². The van der Waals surface area contributed by atoms with Crippen LogP contribution in [0.25, 0.3) is 10.8 Å². The highest BCUT2D eigenvalue weighted by Crippen LogP contribution is 2.39. The molecule has 1 unspecified atom stereocenters. The molecule has 0 aliphatic carbocycles. The fourth-order valence-corrected chi connectivity index (χ4v) is 3.24. The zero-order chi connectivity index (χ0) is 15.1. The summed E-state index contributed by atoms with van der Waals surface area (Å²) in [4.78, 5) is 16.3. The van der Waals surface area contributed by atoms with Crippen molar-refractivity contribution in [1.82, 2.24) is 14.8 Å². The third-order valence-electron chi connectivity index (χ3n) is 4.28. The lowest BCUT2D eigenvalue weighted by Gasteiger charge is -2.24. The Labute approximate surface area is 128 Å². The van der Waals surface area contributed by atoms with Crippen LogP contribution in [0.4, 0.5) is 5.82 Å². The number of benzene rings is 1. The molecule has 1 amide bonds. The maximum atomic E-state index is 12.1. The number of rotatable bonds is 2. The molecule has 22 heavy (non-hydrogen) atoms. The predicted molar refractivity (Wildman–Crippen MR) is 84.7 cm³/mol. The molecule has 0 saturated carbocycles. The summed E-state index contributed by atoms with van der Waals surface area (Å²) in [6, 6.07) is 8.18. The Bertz CT molecular complexity index is 863. The van der Waals surface area contributed by atoms with Crippen molar-refractivity contribution in [1.29, 1.82) is 0 Å². The molecule has 4 rings (SSSR count). The molecule has 1 aromatic carbocycles. The smallest absolute Gasteiger partial charge is 0.226 e. The molecule has 1 N–H and O–H groups in total. The number of nitrogens with one attached hydrogen (secondary N) is 1. The Morgan fingerprint density at radius 3 is 3.05 bits per heavy atom. The minimum Gasteiger partial charge on any atom is -0.311 e. The van der Waals surface area contributed by atoms with E-state index in [0.29, 0.717) is 6.42 Å². The van der Waals surface area contributed by atoms with Gasteiger partial charge in [-0.2, -0.15) is 5.10 Å². The number of fused-ring (bicyclic) bond motifs is 2. The number of pyridine rings is 1. The van der Waals surface area contributed by atoms with Gasteiger partial charge in [-0.1, -0.05) is 18.2 Å². The first-order chi connectivity index (χ1) is 10.8. The first-order valence-corrected chi connectivity index (χ1v) is 7.46. The monoisotopic (exact) mass is 292 g/mol. The van der Waals surface area contributed by atoms with Crippen LogP contribution < -0.4 is 5.32 Å². The van der Waals surface area contributed by atoms with Gasteiger partial charge in [0.15, 0.2) is 0 Å². The van der Waals surface area contributed by atoms with Crippen molar-refractivity contribution in [3.05, 3.63) is 54.0 Å². The summed E-state index contributed by atoms with van der Waals surface area (Å²) in [5.41, 5.74) is 2.25. The highest BCUT2D eigenvalue weighted by Gasteiger charge is 2.30. The van der Waals surface area contributed by atoms with Crippen molar-refractivity contribution in [2.75, 3.05) is 5.32 Å². The zero-order valence-electron chi connectivity index (χ0n) is 12.3. The van der Waals surface area contributed by atoms with E-state index in [-0.39, 0.29) is 11.8 Å². The van der Waals surface area contributed by atoms with Crippen LogP contribution in [0, 0.1) is 0 Å². The number of carbonyl (C=O) groups is 1. The quantitative estimate of drug-likeness (QED) is 0.790. The van der Waals surface area contributed by atoms with Crippen LogP contribution in [0.3, 0.4) is 0 Å². The van der Waals surface area contributed by atoms with E-state index in [1.165, 1.54) is 0 Å². The van der Waals surface area contributed by atoms with Crippen LogP contribution in [0.2, 0.25) is 0 Å². The summed E-state index contributed by atoms with van der Waals surface area (Å²) in [7, 11) is 0. The summed E-state index contributed by atoms with van der Waals surface area (Å²) in [5, 5.41) is 9.59. The molecule has 0 saturated heterocycles. The maximum Gasteiger partial charge on any atom is 0.226 e. The molecule has 0 fully saturated rings. The first-order valence-electron chi connectivity index (χ1n) is 7.46. The molecule has 0 spiro atoms. The van der Waals surface area contributed by atoms with E-state index in [1.807, 2.05) is 42.2 Å². The minimum absolute atomic E-state index is 0.0372. The Morgan fingerprint density at radius 1 is 1.27 bits per heavy atom. The second kappa shape index (κ2) is 4.94. The van der Waals surface area contributed by atoms with Crippen molar-refractivity contribution in [3.8, 4) is 0 Å². The largest absolute Gasteiger partial charge is 0.311 e. The minimum atomic E-state index is 0.0372. The van der Waals surface area contributed by atoms with E-state index in [0.717, 1.165) is 34.3 Å². The van der Waals surface area contributed by atoms with Crippen molar-refractivity contribution >= 4 is 22.5 Å². The van der Waals surface area contributed by atoms with Crippen LogP contribution in [0.15, 0.2) is 42.9 Å². The molecule has 3 aromatic rings. The number of aromatic nitrogens is 3. The third-order valence-corrected chi connectivity index (χ3v) is 4.28. The van der Waals surface area contributed by atoms with Crippen molar-refractivity contribution in [2.45, 2.75) is 25.8 Å². The maximum absolute atomic E-state index is 12.1. The molecule has 0 radical (unpaired) electrons. The summed E-state index contributed by atoms with van der Waals surface area (Å²) in [6.07, 6.45) is 5.98. The molecule has 5 nitrogen and oxygen atoms in total. The molecule has 0 bridgehead atoms. The summed E-state index contributed by atoms with van der Waals surface area (Å²) in [5.74, 6) is 0.906. The van der Waals surface area contributed by atoms with Gasteiger partial charge in [-0.15, -0.1) is 0 Å². The second-order valence-corrected chi connectivity index (χ2v) is 5.51. The molecule has 5 heteroatoms. The standard InChI is InChI=1S/C17H16N4O/c1-2-21-17-15(10-19-21)14(8-16(22)20-17)13-5-3-4-11-9-18-7-6-12(11)13/h3-7,9-10,14H,2,8H2,1H3,(H,20,22). The first kappa shape index (κ1) is 13.0. The van der Waals surface area contributed by atoms with Gasteiger partial charge >= 0.3 is 0 Å². The molecule has 1 aliphatic heterocycles. The van der Waals surface area contributed by atoms with Gasteiger partial charge in [0.25, 0.3) is 0 Å². The molecular formula is C17H16N4O. The number of nitrogens with zero attached hydrogens (tertiary/aromatic N) is 3.